The van der Waals surface area contributed by atoms with Gasteiger partial charge in [0.05, 0.1) is 5.69 Å². The molecule has 0 heterocycles. The predicted octanol–water partition coefficient (Wildman–Crippen LogP) is 3.42. The molecule has 4 nitrogen and oxygen atoms in total. The first-order valence-corrected chi connectivity index (χ1v) is 7.02. The van der Waals surface area contributed by atoms with Crippen LogP contribution in [0.5, 0.6) is 0 Å². The Morgan fingerprint density at radius 1 is 1.35 bits per heavy atom. The van der Waals surface area contributed by atoms with Gasteiger partial charge in [-0.2, -0.15) is 0 Å². The highest BCUT2D eigenvalue weighted by molar-refractivity contribution is 7.80. The van der Waals surface area contributed by atoms with Crippen LogP contribution in [0.2, 0.25) is 0 Å². The van der Waals surface area contributed by atoms with E-state index in [0.29, 0.717) is 6.54 Å². The molecule has 0 radical (unpaired) electrons. The Morgan fingerprint density at radius 2 is 1.90 bits per heavy atom. The van der Waals surface area contributed by atoms with Crippen molar-refractivity contribution in [2.24, 2.45) is 5.73 Å². The zero-order valence-corrected chi connectivity index (χ0v) is 14.0. The molecule has 1 aromatic carbocycles. The summed E-state index contributed by atoms with van der Waals surface area (Å²) in [5.41, 5.74) is 8.97. The molecule has 112 valence electrons. The lowest BCUT2D eigenvalue weighted by molar-refractivity contribution is 0.0589. The minimum absolute atomic E-state index is 0.389. The van der Waals surface area contributed by atoms with E-state index in [4.69, 9.17) is 10.5 Å². The fourth-order valence-corrected chi connectivity index (χ4v) is 2.18. The molecule has 0 atom stereocenters. The molecular formula is C15H24N2O2S. The lowest BCUT2D eigenvalue weighted by atomic mass is 10.0. The highest BCUT2D eigenvalue weighted by Gasteiger charge is 2.23. The third-order valence-electron chi connectivity index (χ3n) is 3.14. The second kappa shape index (κ2) is 6.06. The number of hydrogen-bond acceptors (Lipinski definition) is 4. The Kier molecular flexibility index (Phi) is 5.10. The molecular weight excluding hydrogens is 272 g/mol. The Labute approximate surface area is 126 Å². The molecule has 0 saturated carbocycles. The van der Waals surface area contributed by atoms with E-state index in [0.717, 1.165) is 27.3 Å². The Morgan fingerprint density at radius 3 is 2.35 bits per heavy atom. The van der Waals surface area contributed by atoms with Gasteiger partial charge in [-0.25, -0.2) is 4.79 Å². The summed E-state index contributed by atoms with van der Waals surface area (Å²) in [6.07, 6.45) is -0.389. The maximum Gasteiger partial charge on any atom is 0.414 e. The molecule has 0 bridgehead atoms. The summed E-state index contributed by atoms with van der Waals surface area (Å²) in [4.78, 5) is 14.5. The topological polar surface area (TPSA) is 55.6 Å². The normalized spacial score (nSPS) is 11.4. The standard InChI is InChI=1S/C15H24N2O2S/c1-9-11(8-16)7-12(10(2)13(9)20)17(6)14(18)19-15(3,4)5/h7,20H,8,16H2,1-6H3. The minimum atomic E-state index is -0.523. The van der Waals surface area contributed by atoms with Gasteiger partial charge in [-0.05, 0) is 57.4 Å². The van der Waals surface area contributed by atoms with Crippen LogP contribution >= 0.6 is 12.6 Å². The zero-order chi connectivity index (χ0) is 15.7. The van der Waals surface area contributed by atoms with E-state index in [1.807, 2.05) is 40.7 Å². The van der Waals surface area contributed by atoms with Crippen molar-refractivity contribution in [3.63, 3.8) is 0 Å². The first-order chi connectivity index (χ1) is 9.08. The van der Waals surface area contributed by atoms with Crippen molar-refractivity contribution in [2.45, 2.75) is 51.7 Å². The number of nitrogens with zero attached hydrogens (tertiary/aromatic N) is 1. The lowest BCUT2D eigenvalue weighted by Gasteiger charge is -2.27. The molecule has 0 aliphatic rings. The fraction of sp³-hybridized carbons (Fsp3) is 0.533. The summed E-state index contributed by atoms with van der Waals surface area (Å²) in [6.45, 7) is 9.86. The Hall–Kier alpha value is -1.20. The number of rotatable bonds is 2. The molecule has 0 aliphatic heterocycles. The second-order valence-corrected chi connectivity index (χ2v) is 6.34. The van der Waals surface area contributed by atoms with Crippen LogP contribution in [0.4, 0.5) is 10.5 Å². The number of anilines is 1. The maximum absolute atomic E-state index is 12.2. The van der Waals surface area contributed by atoms with Crippen molar-refractivity contribution in [1.82, 2.24) is 0 Å². The highest BCUT2D eigenvalue weighted by atomic mass is 32.1. The molecule has 0 fully saturated rings. The number of nitrogens with two attached hydrogens (primary N) is 1. The van der Waals surface area contributed by atoms with Crippen LogP contribution in [0, 0.1) is 13.8 Å². The lowest BCUT2D eigenvalue weighted by Crippen LogP contribution is -2.34. The van der Waals surface area contributed by atoms with Gasteiger partial charge in [-0.1, -0.05) is 0 Å². The second-order valence-electron chi connectivity index (χ2n) is 5.90. The van der Waals surface area contributed by atoms with E-state index in [1.165, 1.54) is 4.90 Å². The molecule has 0 spiro atoms. The van der Waals surface area contributed by atoms with E-state index in [-0.39, 0.29) is 6.09 Å². The summed E-state index contributed by atoms with van der Waals surface area (Å²) in [6, 6.07) is 1.92. The van der Waals surface area contributed by atoms with Crippen molar-refractivity contribution in [3.8, 4) is 0 Å². The smallest absolute Gasteiger partial charge is 0.414 e. The molecule has 1 rings (SSSR count). The van der Waals surface area contributed by atoms with E-state index in [9.17, 15) is 4.79 Å². The summed E-state index contributed by atoms with van der Waals surface area (Å²) < 4.78 is 5.38. The average Bonchev–Trinajstić information content (AvgIpc) is 2.33. The van der Waals surface area contributed by atoms with Gasteiger partial charge >= 0.3 is 6.09 Å². The first-order valence-electron chi connectivity index (χ1n) is 6.57. The number of benzene rings is 1. The van der Waals surface area contributed by atoms with Gasteiger partial charge in [0.2, 0.25) is 0 Å². The minimum Gasteiger partial charge on any atom is -0.443 e. The summed E-state index contributed by atoms with van der Waals surface area (Å²) in [5, 5.41) is 0. The number of thiol groups is 1. The third kappa shape index (κ3) is 3.67. The van der Waals surface area contributed by atoms with Gasteiger partial charge in [0.1, 0.15) is 5.60 Å². The van der Waals surface area contributed by atoms with Gasteiger partial charge in [-0.15, -0.1) is 12.6 Å². The monoisotopic (exact) mass is 296 g/mol. The predicted molar refractivity (Wildman–Crippen MR) is 85.7 cm³/mol. The van der Waals surface area contributed by atoms with Gasteiger partial charge in [0, 0.05) is 18.5 Å². The Bertz CT molecular complexity index is 522. The van der Waals surface area contributed by atoms with Crippen molar-refractivity contribution < 1.29 is 9.53 Å². The molecule has 0 unspecified atom stereocenters. The number of carbonyl (C=O) groups excluding carboxylic acids is 1. The quantitative estimate of drug-likeness (QED) is 0.822. The zero-order valence-electron chi connectivity index (χ0n) is 13.1. The molecule has 0 aromatic heterocycles. The largest absolute Gasteiger partial charge is 0.443 e. The van der Waals surface area contributed by atoms with E-state index in [1.54, 1.807) is 7.05 Å². The maximum atomic E-state index is 12.2. The van der Waals surface area contributed by atoms with Crippen molar-refractivity contribution >= 4 is 24.4 Å². The van der Waals surface area contributed by atoms with Crippen LogP contribution < -0.4 is 10.6 Å². The van der Waals surface area contributed by atoms with Crippen LogP contribution in [-0.4, -0.2) is 18.7 Å². The molecule has 1 amide bonds. The molecule has 5 heteroatoms. The third-order valence-corrected chi connectivity index (χ3v) is 3.81. The van der Waals surface area contributed by atoms with Gasteiger partial charge in [0.15, 0.2) is 0 Å². The molecule has 1 aromatic rings. The van der Waals surface area contributed by atoms with Gasteiger partial charge in [0.25, 0.3) is 0 Å². The van der Waals surface area contributed by atoms with Crippen molar-refractivity contribution in [3.05, 3.63) is 22.8 Å². The van der Waals surface area contributed by atoms with Crippen LogP contribution in [-0.2, 0) is 11.3 Å². The SMILES string of the molecule is Cc1c(CN)cc(N(C)C(=O)OC(C)(C)C)c(C)c1S. The average molecular weight is 296 g/mol. The van der Waals surface area contributed by atoms with Crippen molar-refractivity contribution in [1.29, 1.82) is 0 Å². The fourth-order valence-electron chi connectivity index (χ4n) is 1.93. The number of amides is 1. The van der Waals surface area contributed by atoms with Crippen LogP contribution in [0.1, 0.15) is 37.5 Å². The molecule has 20 heavy (non-hydrogen) atoms. The molecule has 0 saturated heterocycles. The van der Waals surface area contributed by atoms with Crippen LogP contribution in [0.25, 0.3) is 0 Å². The first kappa shape index (κ1) is 16.9. The summed E-state index contributed by atoms with van der Waals surface area (Å²) in [5.74, 6) is 0. The van der Waals surface area contributed by atoms with Crippen LogP contribution in [0.3, 0.4) is 0 Å². The number of hydrogen-bond donors (Lipinski definition) is 2. The van der Waals surface area contributed by atoms with E-state index >= 15 is 0 Å². The number of ether oxygens (including phenoxy) is 1. The number of carbonyl (C=O) groups is 1. The van der Waals surface area contributed by atoms with Crippen LogP contribution in [0.15, 0.2) is 11.0 Å². The summed E-state index contributed by atoms with van der Waals surface area (Å²) in [7, 11) is 1.69. The van der Waals surface area contributed by atoms with E-state index < -0.39 is 5.60 Å². The van der Waals surface area contributed by atoms with E-state index in [2.05, 4.69) is 12.6 Å². The van der Waals surface area contributed by atoms with Gasteiger partial charge < -0.3 is 10.5 Å². The highest BCUT2D eigenvalue weighted by Crippen LogP contribution is 2.31. The van der Waals surface area contributed by atoms with Crippen molar-refractivity contribution in [2.75, 3.05) is 11.9 Å². The van der Waals surface area contributed by atoms with Gasteiger partial charge in [-0.3, -0.25) is 4.90 Å². The Balaban J connectivity index is 3.19. The summed E-state index contributed by atoms with van der Waals surface area (Å²) >= 11 is 4.52. The molecule has 0 aliphatic carbocycles. The molecule has 2 N–H and O–H groups in total.